The van der Waals surface area contributed by atoms with Crippen molar-refractivity contribution in [1.82, 2.24) is 10.2 Å². The van der Waals surface area contributed by atoms with Gasteiger partial charge in [0, 0.05) is 13.1 Å². The van der Waals surface area contributed by atoms with Gasteiger partial charge < -0.3 is 16.0 Å². The molecule has 0 saturated heterocycles. The summed E-state index contributed by atoms with van der Waals surface area (Å²) < 4.78 is 0. The van der Waals surface area contributed by atoms with Crippen LogP contribution in [0.2, 0.25) is 0 Å². The Bertz CT molecular complexity index is 288. The number of rotatable bonds is 7. The van der Waals surface area contributed by atoms with Crippen LogP contribution < -0.4 is 11.1 Å². The SMILES string of the molecule is CCCN(CC1CCCCC1)C(=O)CNC(=O)CN. The summed E-state index contributed by atoms with van der Waals surface area (Å²) >= 11 is 0. The van der Waals surface area contributed by atoms with E-state index >= 15 is 0 Å². The smallest absolute Gasteiger partial charge is 0.241 e. The summed E-state index contributed by atoms with van der Waals surface area (Å²) in [5, 5.41) is 2.55. The van der Waals surface area contributed by atoms with Crippen molar-refractivity contribution in [2.75, 3.05) is 26.2 Å². The number of hydrogen-bond donors (Lipinski definition) is 2. The Morgan fingerprint density at radius 3 is 2.53 bits per heavy atom. The van der Waals surface area contributed by atoms with E-state index in [-0.39, 0.29) is 24.9 Å². The third-order valence-electron chi connectivity index (χ3n) is 3.67. The molecule has 0 aromatic heterocycles. The predicted octanol–water partition coefficient (Wildman–Crippen LogP) is 0.880. The van der Waals surface area contributed by atoms with Gasteiger partial charge >= 0.3 is 0 Å². The van der Waals surface area contributed by atoms with Crippen molar-refractivity contribution in [3.63, 3.8) is 0 Å². The molecule has 3 N–H and O–H groups in total. The number of nitrogens with two attached hydrogens (primary N) is 1. The van der Waals surface area contributed by atoms with Gasteiger partial charge in [-0.2, -0.15) is 0 Å². The predicted molar refractivity (Wildman–Crippen MR) is 75.5 cm³/mol. The number of hydrogen-bond acceptors (Lipinski definition) is 3. The molecule has 0 heterocycles. The van der Waals surface area contributed by atoms with E-state index in [2.05, 4.69) is 12.2 Å². The van der Waals surface area contributed by atoms with Gasteiger partial charge in [0.1, 0.15) is 0 Å². The molecule has 5 heteroatoms. The van der Waals surface area contributed by atoms with Crippen molar-refractivity contribution in [1.29, 1.82) is 0 Å². The fourth-order valence-corrected chi connectivity index (χ4v) is 2.63. The second kappa shape index (κ2) is 8.91. The first-order valence-corrected chi connectivity index (χ1v) is 7.42. The molecule has 1 saturated carbocycles. The maximum atomic E-state index is 12.1. The van der Waals surface area contributed by atoms with Crippen molar-refractivity contribution in [3.8, 4) is 0 Å². The summed E-state index contributed by atoms with van der Waals surface area (Å²) in [5.41, 5.74) is 5.21. The van der Waals surface area contributed by atoms with Crippen LogP contribution in [0.1, 0.15) is 45.4 Å². The highest BCUT2D eigenvalue weighted by molar-refractivity contribution is 5.85. The van der Waals surface area contributed by atoms with Crippen molar-refractivity contribution in [2.24, 2.45) is 11.7 Å². The molecule has 0 aromatic rings. The molecule has 1 rings (SSSR count). The standard InChI is InChI=1S/C14H27N3O2/c1-2-8-17(11-12-6-4-3-5-7-12)14(19)10-16-13(18)9-15/h12H,2-11,15H2,1H3,(H,16,18). The number of nitrogens with zero attached hydrogens (tertiary/aromatic N) is 1. The number of carbonyl (C=O) groups is 2. The van der Waals surface area contributed by atoms with Crippen LogP contribution in [0.5, 0.6) is 0 Å². The minimum atomic E-state index is -0.275. The molecule has 1 aliphatic rings. The monoisotopic (exact) mass is 269 g/mol. The quantitative estimate of drug-likeness (QED) is 0.720. The van der Waals surface area contributed by atoms with Gasteiger partial charge in [-0.1, -0.05) is 26.2 Å². The molecule has 0 spiro atoms. The van der Waals surface area contributed by atoms with Gasteiger partial charge in [0.2, 0.25) is 11.8 Å². The largest absolute Gasteiger partial charge is 0.346 e. The van der Waals surface area contributed by atoms with Gasteiger partial charge in [-0.05, 0) is 25.2 Å². The molecule has 0 aromatic carbocycles. The lowest BCUT2D eigenvalue weighted by molar-refractivity contribution is -0.133. The van der Waals surface area contributed by atoms with Crippen LogP contribution in [0.25, 0.3) is 0 Å². The van der Waals surface area contributed by atoms with E-state index in [0.717, 1.165) is 19.5 Å². The molecule has 1 aliphatic carbocycles. The molecule has 110 valence electrons. The topological polar surface area (TPSA) is 75.4 Å². The lowest BCUT2D eigenvalue weighted by Crippen LogP contribution is -2.44. The Labute approximate surface area is 115 Å². The Balaban J connectivity index is 2.40. The fourth-order valence-electron chi connectivity index (χ4n) is 2.63. The molecule has 5 nitrogen and oxygen atoms in total. The maximum Gasteiger partial charge on any atom is 0.241 e. The number of amides is 2. The third kappa shape index (κ3) is 6.05. The minimum absolute atomic E-state index is 0.00854. The summed E-state index contributed by atoms with van der Waals surface area (Å²) in [7, 11) is 0. The summed E-state index contributed by atoms with van der Waals surface area (Å²) in [6.45, 7) is 3.69. The van der Waals surface area contributed by atoms with E-state index in [1.54, 1.807) is 0 Å². The summed E-state index contributed by atoms with van der Waals surface area (Å²) in [4.78, 5) is 25.1. The number of nitrogens with one attached hydrogen (secondary N) is 1. The highest BCUT2D eigenvalue weighted by Crippen LogP contribution is 2.24. The first kappa shape index (κ1) is 16.0. The van der Waals surface area contributed by atoms with Crippen LogP contribution in [0.15, 0.2) is 0 Å². The molecule has 0 radical (unpaired) electrons. The lowest BCUT2D eigenvalue weighted by atomic mass is 9.89. The van der Waals surface area contributed by atoms with Gasteiger partial charge in [-0.3, -0.25) is 9.59 Å². The zero-order valence-electron chi connectivity index (χ0n) is 12.0. The molecule has 0 unspecified atom stereocenters. The van der Waals surface area contributed by atoms with E-state index in [9.17, 15) is 9.59 Å². The van der Waals surface area contributed by atoms with Crippen molar-refractivity contribution in [2.45, 2.75) is 45.4 Å². The maximum absolute atomic E-state index is 12.1. The Morgan fingerprint density at radius 1 is 1.26 bits per heavy atom. The molecule has 0 atom stereocenters. The summed E-state index contributed by atoms with van der Waals surface area (Å²) in [6.07, 6.45) is 7.28. The molecule has 0 bridgehead atoms. The highest BCUT2D eigenvalue weighted by Gasteiger charge is 2.20. The molecule has 0 aliphatic heterocycles. The van der Waals surface area contributed by atoms with Crippen molar-refractivity contribution in [3.05, 3.63) is 0 Å². The van der Waals surface area contributed by atoms with E-state index < -0.39 is 0 Å². The number of carbonyl (C=O) groups excluding carboxylic acids is 2. The van der Waals surface area contributed by atoms with Gasteiger partial charge in [-0.25, -0.2) is 0 Å². The van der Waals surface area contributed by atoms with Gasteiger partial charge in [0.05, 0.1) is 13.1 Å². The second-order valence-corrected chi connectivity index (χ2v) is 5.32. The van der Waals surface area contributed by atoms with Crippen molar-refractivity contribution < 1.29 is 9.59 Å². The van der Waals surface area contributed by atoms with Crippen LogP contribution in [0.3, 0.4) is 0 Å². The molecule has 2 amide bonds. The zero-order valence-corrected chi connectivity index (χ0v) is 12.0. The van der Waals surface area contributed by atoms with E-state index in [1.165, 1.54) is 32.1 Å². The van der Waals surface area contributed by atoms with Crippen LogP contribution >= 0.6 is 0 Å². The van der Waals surface area contributed by atoms with E-state index in [1.807, 2.05) is 4.90 Å². The van der Waals surface area contributed by atoms with Gasteiger partial charge in [0.15, 0.2) is 0 Å². The highest BCUT2D eigenvalue weighted by atomic mass is 16.2. The van der Waals surface area contributed by atoms with Crippen molar-refractivity contribution >= 4 is 11.8 Å². The molecule has 19 heavy (non-hydrogen) atoms. The van der Waals surface area contributed by atoms with Gasteiger partial charge in [0.25, 0.3) is 0 Å². The summed E-state index contributed by atoms with van der Waals surface area (Å²) in [6, 6.07) is 0. The minimum Gasteiger partial charge on any atom is -0.346 e. The van der Waals surface area contributed by atoms with Crippen LogP contribution in [0, 0.1) is 5.92 Å². The van der Waals surface area contributed by atoms with Crippen LogP contribution in [0.4, 0.5) is 0 Å². The molecule has 1 fully saturated rings. The lowest BCUT2D eigenvalue weighted by Gasteiger charge is -2.29. The average Bonchev–Trinajstić information content (AvgIpc) is 2.45. The molecular formula is C14H27N3O2. The first-order chi connectivity index (χ1) is 9.17. The fraction of sp³-hybridized carbons (Fsp3) is 0.857. The summed E-state index contributed by atoms with van der Waals surface area (Å²) in [5.74, 6) is 0.367. The molecular weight excluding hydrogens is 242 g/mol. The Kier molecular flexibility index (Phi) is 7.48. The second-order valence-electron chi connectivity index (χ2n) is 5.32. The normalized spacial score (nSPS) is 16.1. The third-order valence-corrected chi connectivity index (χ3v) is 3.67. The van der Waals surface area contributed by atoms with E-state index in [0.29, 0.717) is 5.92 Å². The Morgan fingerprint density at radius 2 is 1.95 bits per heavy atom. The Hall–Kier alpha value is -1.10. The zero-order chi connectivity index (χ0) is 14.1. The average molecular weight is 269 g/mol. The van der Waals surface area contributed by atoms with Crippen LogP contribution in [-0.2, 0) is 9.59 Å². The van der Waals surface area contributed by atoms with Crippen LogP contribution in [-0.4, -0.2) is 42.9 Å². The van der Waals surface area contributed by atoms with Gasteiger partial charge in [-0.15, -0.1) is 0 Å². The van der Waals surface area contributed by atoms with E-state index in [4.69, 9.17) is 5.73 Å². The first-order valence-electron chi connectivity index (χ1n) is 7.42.